The predicted molar refractivity (Wildman–Crippen MR) is 72.6 cm³/mol. The monoisotopic (exact) mass is 258 g/mol. The van der Waals surface area contributed by atoms with Crippen molar-refractivity contribution in [1.82, 2.24) is 0 Å². The highest BCUT2D eigenvalue weighted by atomic mass is 35.5. The standard InChI is InChI=1S/C15H11ClO2/c16-13-6-4-5-12(11-13)9-10-15(17)18-14-7-2-1-3-8-14/h1-11H. The molecule has 3 heteroatoms. The molecule has 0 bridgehead atoms. The minimum atomic E-state index is -0.416. The van der Waals surface area contributed by atoms with E-state index in [0.717, 1.165) is 5.56 Å². The molecule has 2 rings (SSSR count). The molecule has 0 atom stereocenters. The Morgan fingerprint density at radius 1 is 1.06 bits per heavy atom. The highest BCUT2D eigenvalue weighted by Gasteiger charge is 1.99. The van der Waals surface area contributed by atoms with Crippen LogP contribution in [0.2, 0.25) is 5.02 Å². The Kier molecular flexibility index (Phi) is 4.15. The summed E-state index contributed by atoms with van der Waals surface area (Å²) in [6.07, 6.45) is 3.04. The Morgan fingerprint density at radius 3 is 2.56 bits per heavy atom. The molecule has 2 nitrogen and oxygen atoms in total. The molecule has 0 radical (unpaired) electrons. The number of carbonyl (C=O) groups is 1. The average Bonchev–Trinajstić information content (AvgIpc) is 2.38. The third kappa shape index (κ3) is 3.75. The van der Waals surface area contributed by atoms with Crippen molar-refractivity contribution in [3.8, 4) is 5.75 Å². The summed E-state index contributed by atoms with van der Waals surface area (Å²) < 4.78 is 5.11. The number of hydrogen-bond donors (Lipinski definition) is 0. The van der Waals surface area contributed by atoms with Crippen LogP contribution in [-0.2, 0) is 4.79 Å². The molecular weight excluding hydrogens is 248 g/mol. The smallest absolute Gasteiger partial charge is 0.336 e. The van der Waals surface area contributed by atoms with E-state index in [1.165, 1.54) is 6.08 Å². The van der Waals surface area contributed by atoms with E-state index in [-0.39, 0.29) is 0 Å². The van der Waals surface area contributed by atoms with E-state index in [2.05, 4.69) is 0 Å². The quantitative estimate of drug-likeness (QED) is 0.473. The average molecular weight is 259 g/mol. The summed E-state index contributed by atoms with van der Waals surface area (Å²) in [6, 6.07) is 16.2. The van der Waals surface area contributed by atoms with Crippen molar-refractivity contribution in [3.63, 3.8) is 0 Å². The second-order valence-corrected chi connectivity index (χ2v) is 4.06. The van der Waals surface area contributed by atoms with Gasteiger partial charge < -0.3 is 4.74 Å². The third-order valence-electron chi connectivity index (χ3n) is 2.22. The molecule has 0 saturated carbocycles. The minimum absolute atomic E-state index is 0.416. The lowest BCUT2D eigenvalue weighted by Gasteiger charge is -1.99. The topological polar surface area (TPSA) is 26.3 Å². The van der Waals surface area contributed by atoms with Gasteiger partial charge >= 0.3 is 5.97 Å². The molecule has 0 N–H and O–H groups in total. The maximum absolute atomic E-state index is 11.5. The van der Waals surface area contributed by atoms with E-state index in [0.29, 0.717) is 10.8 Å². The highest BCUT2D eigenvalue weighted by molar-refractivity contribution is 6.30. The molecular formula is C15H11ClO2. The van der Waals surface area contributed by atoms with Gasteiger partial charge in [0, 0.05) is 11.1 Å². The van der Waals surface area contributed by atoms with Gasteiger partial charge in [-0.1, -0.05) is 41.9 Å². The number of carbonyl (C=O) groups excluding carboxylic acids is 1. The summed E-state index contributed by atoms with van der Waals surface area (Å²) in [7, 11) is 0. The number of hydrogen-bond acceptors (Lipinski definition) is 2. The summed E-state index contributed by atoms with van der Waals surface area (Å²) in [5.74, 6) is 0.111. The van der Waals surface area contributed by atoms with Crippen molar-refractivity contribution in [2.45, 2.75) is 0 Å². The molecule has 0 aliphatic rings. The Morgan fingerprint density at radius 2 is 1.83 bits per heavy atom. The zero-order chi connectivity index (χ0) is 12.8. The van der Waals surface area contributed by atoms with Gasteiger partial charge in [-0.25, -0.2) is 4.79 Å². The highest BCUT2D eigenvalue weighted by Crippen LogP contribution is 2.12. The summed E-state index contributed by atoms with van der Waals surface area (Å²) >= 11 is 5.84. The normalized spacial score (nSPS) is 10.5. The van der Waals surface area contributed by atoms with E-state index in [1.807, 2.05) is 30.3 Å². The van der Waals surface area contributed by atoms with Gasteiger partial charge in [0.1, 0.15) is 5.75 Å². The van der Waals surface area contributed by atoms with Crippen LogP contribution in [0, 0.1) is 0 Å². The first-order chi connectivity index (χ1) is 8.74. The summed E-state index contributed by atoms with van der Waals surface area (Å²) in [4.78, 5) is 11.5. The van der Waals surface area contributed by atoms with Crippen LogP contribution >= 0.6 is 11.6 Å². The van der Waals surface area contributed by atoms with Crippen molar-refractivity contribution < 1.29 is 9.53 Å². The lowest BCUT2D eigenvalue weighted by molar-refractivity contribution is -0.128. The van der Waals surface area contributed by atoms with Gasteiger partial charge in [0.2, 0.25) is 0 Å². The third-order valence-corrected chi connectivity index (χ3v) is 2.46. The first-order valence-corrected chi connectivity index (χ1v) is 5.82. The molecule has 0 saturated heterocycles. The zero-order valence-corrected chi connectivity index (χ0v) is 10.3. The Balaban J connectivity index is 1.99. The zero-order valence-electron chi connectivity index (χ0n) is 9.55. The van der Waals surface area contributed by atoms with Crippen LogP contribution in [0.4, 0.5) is 0 Å². The Hall–Kier alpha value is -2.06. The van der Waals surface area contributed by atoms with E-state index < -0.39 is 5.97 Å². The SMILES string of the molecule is O=C(C=Cc1cccc(Cl)c1)Oc1ccccc1. The lowest BCUT2D eigenvalue weighted by Crippen LogP contribution is -2.03. The van der Waals surface area contributed by atoms with Crippen LogP contribution in [0.1, 0.15) is 5.56 Å². The van der Waals surface area contributed by atoms with Crippen molar-refractivity contribution in [2.75, 3.05) is 0 Å². The second-order valence-electron chi connectivity index (χ2n) is 3.62. The molecule has 18 heavy (non-hydrogen) atoms. The Bertz CT molecular complexity index is 562. The summed E-state index contributed by atoms with van der Waals surface area (Å²) in [5, 5.41) is 0.633. The molecule has 2 aromatic carbocycles. The number of para-hydroxylation sites is 1. The predicted octanol–water partition coefficient (Wildman–Crippen LogP) is 3.96. The molecule has 0 aromatic heterocycles. The minimum Gasteiger partial charge on any atom is -0.423 e. The van der Waals surface area contributed by atoms with Gasteiger partial charge in [0.05, 0.1) is 0 Å². The van der Waals surface area contributed by atoms with Gasteiger partial charge in [0.25, 0.3) is 0 Å². The first-order valence-electron chi connectivity index (χ1n) is 5.44. The number of ether oxygens (including phenoxy) is 1. The first kappa shape index (κ1) is 12.4. The Labute approximate surface area is 110 Å². The van der Waals surface area contributed by atoms with Crippen LogP contribution in [0.25, 0.3) is 6.08 Å². The number of esters is 1. The van der Waals surface area contributed by atoms with E-state index in [4.69, 9.17) is 16.3 Å². The van der Waals surface area contributed by atoms with E-state index in [9.17, 15) is 4.79 Å². The van der Waals surface area contributed by atoms with E-state index >= 15 is 0 Å². The molecule has 0 aliphatic carbocycles. The van der Waals surface area contributed by atoms with Gasteiger partial charge in [-0.3, -0.25) is 0 Å². The fraction of sp³-hybridized carbons (Fsp3) is 0. The molecule has 0 spiro atoms. The second kappa shape index (κ2) is 6.03. The molecule has 2 aromatic rings. The van der Waals surface area contributed by atoms with E-state index in [1.54, 1.807) is 30.3 Å². The number of benzene rings is 2. The van der Waals surface area contributed by atoms with Gasteiger partial charge in [0.15, 0.2) is 0 Å². The van der Waals surface area contributed by atoms with Crippen LogP contribution in [0.3, 0.4) is 0 Å². The molecule has 0 unspecified atom stereocenters. The lowest BCUT2D eigenvalue weighted by atomic mass is 10.2. The van der Waals surface area contributed by atoms with Crippen molar-refractivity contribution >= 4 is 23.6 Å². The number of rotatable bonds is 3. The van der Waals surface area contributed by atoms with Crippen LogP contribution in [-0.4, -0.2) is 5.97 Å². The van der Waals surface area contributed by atoms with Crippen molar-refractivity contribution in [1.29, 1.82) is 0 Å². The van der Waals surface area contributed by atoms with Gasteiger partial charge in [-0.15, -0.1) is 0 Å². The van der Waals surface area contributed by atoms with Crippen LogP contribution < -0.4 is 4.74 Å². The van der Waals surface area contributed by atoms with Gasteiger partial charge in [-0.2, -0.15) is 0 Å². The molecule has 0 heterocycles. The van der Waals surface area contributed by atoms with Crippen molar-refractivity contribution in [2.24, 2.45) is 0 Å². The summed E-state index contributed by atoms with van der Waals surface area (Å²) in [5.41, 5.74) is 0.854. The largest absolute Gasteiger partial charge is 0.423 e. The molecule has 0 aliphatic heterocycles. The maximum atomic E-state index is 11.5. The van der Waals surface area contributed by atoms with Crippen LogP contribution in [0.15, 0.2) is 60.7 Å². The fourth-order valence-corrected chi connectivity index (χ4v) is 1.61. The fourth-order valence-electron chi connectivity index (χ4n) is 1.41. The number of halogens is 1. The molecule has 90 valence electrons. The molecule has 0 amide bonds. The maximum Gasteiger partial charge on any atom is 0.336 e. The molecule has 0 fully saturated rings. The summed E-state index contributed by atoms with van der Waals surface area (Å²) in [6.45, 7) is 0. The van der Waals surface area contributed by atoms with Crippen molar-refractivity contribution in [3.05, 3.63) is 71.3 Å². The van der Waals surface area contributed by atoms with Crippen LogP contribution in [0.5, 0.6) is 5.75 Å². The van der Waals surface area contributed by atoms with Gasteiger partial charge in [-0.05, 0) is 35.9 Å².